The van der Waals surface area contributed by atoms with Gasteiger partial charge in [0.2, 0.25) is 5.91 Å². The zero-order valence-electron chi connectivity index (χ0n) is 11.5. The van der Waals surface area contributed by atoms with Crippen molar-refractivity contribution in [1.82, 2.24) is 10.6 Å². The van der Waals surface area contributed by atoms with E-state index >= 15 is 0 Å². The Morgan fingerprint density at radius 2 is 2.12 bits per heavy atom. The van der Waals surface area contributed by atoms with Gasteiger partial charge in [-0.25, -0.2) is 0 Å². The third-order valence-electron chi connectivity index (χ3n) is 2.88. The lowest BCUT2D eigenvalue weighted by Crippen LogP contribution is -2.44. The molecule has 1 aliphatic heterocycles. The summed E-state index contributed by atoms with van der Waals surface area (Å²) < 4.78 is 0. The molecule has 0 saturated carbocycles. The van der Waals surface area contributed by atoms with Crippen LogP contribution < -0.4 is 10.6 Å². The van der Waals surface area contributed by atoms with Crippen LogP contribution in [0.4, 0.5) is 0 Å². The van der Waals surface area contributed by atoms with Gasteiger partial charge in [0.05, 0.1) is 0 Å². The minimum Gasteiger partial charge on any atom is -0.351 e. The number of carbonyl (C=O) groups excluding carboxylic acids is 1. The number of thioether (sulfide) groups is 1. The van der Waals surface area contributed by atoms with Crippen molar-refractivity contribution in [2.75, 3.05) is 12.3 Å². The van der Waals surface area contributed by atoms with Crippen LogP contribution in [0.5, 0.6) is 0 Å². The summed E-state index contributed by atoms with van der Waals surface area (Å²) in [6.45, 7) is 9.10. The Bertz CT molecular complexity index is 250. The van der Waals surface area contributed by atoms with E-state index in [1.54, 1.807) is 0 Å². The molecule has 0 radical (unpaired) electrons. The van der Waals surface area contributed by atoms with Crippen LogP contribution in [0, 0.1) is 0 Å². The lowest BCUT2D eigenvalue weighted by molar-refractivity contribution is -0.122. The highest BCUT2D eigenvalue weighted by atomic mass is 32.2. The first-order chi connectivity index (χ1) is 7.88. The van der Waals surface area contributed by atoms with Crippen LogP contribution in [-0.4, -0.2) is 35.0 Å². The largest absolute Gasteiger partial charge is 0.351 e. The smallest absolute Gasteiger partial charge is 0.221 e. The average molecular weight is 258 g/mol. The molecule has 1 amide bonds. The van der Waals surface area contributed by atoms with Gasteiger partial charge in [-0.1, -0.05) is 6.92 Å². The van der Waals surface area contributed by atoms with Crippen molar-refractivity contribution in [2.24, 2.45) is 0 Å². The van der Waals surface area contributed by atoms with E-state index in [1.165, 1.54) is 18.6 Å². The summed E-state index contributed by atoms with van der Waals surface area (Å²) in [5, 5.41) is 7.17. The van der Waals surface area contributed by atoms with Gasteiger partial charge in [0.25, 0.3) is 0 Å². The zero-order chi connectivity index (χ0) is 12.9. The minimum atomic E-state index is -0.120. The SMILES string of the molecule is CC1SCCCC1NCCC(=O)NC(C)(C)C. The molecular weight excluding hydrogens is 232 g/mol. The Hall–Kier alpha value is -0.220. The summed E-state index contributed by atoms with van der Waals surface area (Å²) in [6, 6.07) is 0.580. The van der Waals surface area contributed by atoms with E-state index in [9.17, 15) is 4.79 Å². The highest BCUT2D eigenvalue weighted by Gasteiger charge is 2.21. The number of nitrogens with one attached hydrogen (secondary N) is 2. The number of hydrogen-bond donors (Lipinski definition) is 2. The van der Waals surface area contributed by atoms with Crippen LogP contribution in [0.3, 0.4) is 0 Å². The molecule has 1 heterocycles. The third kappa shape index (κ3) is 6.32. The van der Waals surface area contributed by atoms with Gasteiger partial charge >= 0.3 is 0 Å². The number of carbonyl (C=O) groups is 1. The first-order valence-corrected chi connectivity index (χ1v) is 7.59. The van der Waals surface area contributed by atoms with Gasteiger partial charge < -0.3 is 10.6 Å². The summed E-state index contributed by atoms with van der Waals surface area (Å²) in [6.07, 6.45) is 3.11. The zero-order valence-corrected chi connectivity index (χ0v) is 12.3. The third-order valence-corrected chi connectivity index (χ3v) is 4.26. The Kier molecular flexibility index (Phi) is 5.80. The summed E-state index contributed by atoms with van der Waals surface area (Å²) in [5.41, 5.74) is -0.120. The van der Waals surface area contributed by atoms with Gasteiger partial charge in [0.1, 0.15) is 0 Å². The van der Waals surface area contributed by atoms with Gasteiger partial charge in [0, 0.05) is 29.8 Å². The Morgan fingerprint density at radius 1 is 1.41 bits per heavy atom. The Morgan fingerprint density at radius 3 is 2.71 bits per heavy atom. The fourth-order valence-corrected chi connectivity index (χ4v) is 3.21. The molecule has 17 heavy (non-hydrogen) atoms. The van der Waals surface area contributed by atoms with Crippen LogP contribution in [0.25, 0.3) is 0 Å². The normalized spacial score (nSPS) is 25.6. The molecule has 2 atom stereocenters. The molecule has 0 aromatic carbocycles. The average Bonchev–Trinajstić information content (AvgIpc) is 2.18. The van der Waals surface area contributed by atoms with Crippen molar-refractivity contribution >= 4 is 17.7 Å². The first-order valence-electron chi connectivity index (χ1n) is 6.54. The van der Waals surface area contributed by atoms with Gasteiger partial charge in [-0.15, -0.1) is 0 Å². The van der Waals surface area contributed by atoms with E-state index < -0.39 is 0 Å². The van der Waals surface area contributed by atoms with Gasteiger partial charge in [0.15, 0.2) is 0 Å². The van der Waals surface area contributed by atoms with Crippen molar-refractivity contribution in [3.05, 3.63) is 0 Å². The molecule has 3 nitrogen and oxygen atoms in total. The van der Waals surface area contributed by atoms with Crippen molar-refractivity contribution < 1.29 is 4.79 Å². The molecule has 1 rings (SSSR count). The van der Waals surface area contributed by atoms with E-state index in [4.69, 9.17) is 0 Å². The molecule has 2 unspecified atom stereocenters. The molecule has 1 aliphatic rings. The van der Waals surface area contributed by atoms with Gasteiger partial charge in [-0.05, 0) is 39.4 Å². The van der Waals surface area contributed by atoms with E-state index in [-0.39, 0.29) is 11.4 Å². The quantitative estimate of drug-likeness (QED) is 0.812. The fourth-order valence-electron chi connectivity index (χ4n) is 2.04. The molecule has 0 aromatic rings. The maximum absolute atomic E-state index is 11.6. The lowest BCUT2D eigenvalue weighted by atomic mass is 10.1. The second kappa shape index (κ2) is 6.64. The maximum atomic E-state index is 11.6. The number of hydrogen-bond acceptors (Lipinski definition) is 3. The van der Waals surface area contributed by atoms with E-state index in [0.29, 0.717) is 17.7 Å². The second-order valence-corrected chi connectivity index (χ2v) is 7.31. The summed E-state index contributed by atoms with van der Waals surface area (Å²) in [4.78, 5) is 11.6. The molecule has 2 N–H and O–H groups in total. The van der Waals surface area contributed by atoms with Crippen molar-refractivity contribution in [3.8, 4) is 0 Å². The predicted octanol–water partition coefficient (Wildman–Crippen LogP) is 2.16. The topological polar surface area (TPSA) is 41.1 Å². The predicted molar refractivity (Wildman–Crippen MR) is 75.5 cm³/mol. The molecule has 4 heteroatoms. The molecule has 1 fully saturated rings. The summed E-state index contributed by atoms with van der Waals surface area (Å²) >= 11 is 2.03. The first kappa shape index (κ1) is 14.8. The molecular formula is C13H26N2OS. The standard InChI is InChI=1S/C13H26N2OS/c1-10-11(6-5-9-17-10)14-8-7-12(16)15-13(2,3)4/h10-11,14H,5-9H2,1-4H3,(H,15,16). The maximum Gasteiger partial charge on any atom is 0.221 e. The lowest BCUT2D eigenvalue weighted by Gasteiger charge is -2.29. The van der Waals surface area contributed by atoms with Crippen molar-refractivity contribution in [1.29, 1.82) is 0 Å². The molecule has 1 saturated heterocycles. The molecule has 0 bridgehead atoms. The Labute approximate surface area is 109 Å². The summed E-state index contributed by atoms with van der Waals surface area (Å²) in [7, 11) is 0. The highest BCUT2D eigenvalue weighted by molar-refractivity contribution is 7.99. The Balaban J connectivity index is 2.16. The van der Waals surface area contributed by atoms with Crippen LogP contribution in [0.1, 0.15) is 47.0 Å². The van der Waals surface area contributed by atoms with E-state index in [1.807, 2.05) is 32.5 Å². The van der Waals surface area contributed by atoms with E-state index in [0.717, 1.165) is 6.54 Å². The monoisotopic (exact) mass is 258 g/mol. The van der Waals surface area contributed by atoms with Gasteiger partial charge in [-0.2, -0.15) is 11.8 Å². The molecule has 0 aliphatic carbocycles. The summed E-state index contributed by atoms with van der Waals surface area (Å²) in [5.74, 6) is 1.42. The van der Waals surface area contributed by atoms with Crippen LogP contribution in [0.2, 0.25) is 0 Å². The molecule has 0 aromatic heterocycles. The van der Waals surface area contributed by atoms with Crippen molar-refractivity contribution in [2.45, 2.75) is 63.8 Å². The van der Waals surface area contributed by atoms with E-state index in [2.05, 4.69) is 17.6 Å². The van der Waals surface area contributed by atoms with Crippen LogP contribution in [0.15, 0.2) is 0 Å². The molecule has 100 valence electrons. The van der Waals surface area contributed by atoms with Crippen LogP contribution >= 0.6 is 11.8 Å². The van der Waals surface area contributed by atoms with Gasteiger partial charge in [-0.3, -0.25) is 4.79 Å². The van der Waals surface area contributed by atoms with Crippen LogP contribution in [-0.2, 0) is 4.79 Å². The number of rotatable bonds is 4. The van der Waals surface area contributed by atoms with Crippen molar-refractivity contribution in [3.63, 3.8) is 0 Å². The number of amides is 1. The minimum absolute atomic E-state index is 0.120. The second-order valence-electron chi connectivity index (χ2n) is 5.83. The highest BCUT2D eigenvalue weighted by Crippen LogP contribution is 2.24. The fraction of sp³-hybridized carbons (Fsp3) is 0.923. The molecule has 0 spiro atoms.